The van der Waals surface area contributed by atoms with Gasteiger partial charge in [0, 0.05) is 22.3 Å². The zero-order valence-electron chi connectivity index (χ0n) is 16.9. The van der Waals surface area contributed by atoms with Crippen molar-refractivity contribution in [3.63, 3.8) is 0 Å². The summed E-state index contributed by atoms with van der Waals surface area (Å²) in [4.78, 5) is 4.21. The largest absolute Gasteiger partial charge is 0.327 e. The number of fused-ring (bicyclic) bond motifs is 1. The number of hydrogen-bond acceptors (Lipinski definition) is 2. The number of rotatable bonds is 5. The molecule has 150 valence electrons. The predicted molar refractivity (Wildman–Crippen MR) is 138 cm³/mol. The summed E-state index contributed by atoms with van der Waals surface area (Å²) >= 11 is 7.83. The average molecular weight is 436 g/mol. The molecule has 0 aliphatic heterocycles. The molecule has 0 aliphatic carbocycles. The van der Waals surface area contributed by atoms with Gasteiger partial charge < -0.3 is 4.90 Å². The Hall–Kier alpha value is -3.27. The maximum absolute atomic E-state index is 6.06. The Morgan fingerprint density at radius 1 is 0.710 bits per heavy atom. The summed E-state index contributed by atoms with van der Waals surface area (Å²) in [7, 11) is 0. The van der Waals surface area contributed by atoms with Crippen molar-refractivity contribution in [2.24, 2.45) is 0 Å². The standard InChI is InChI=1S/C28H21NS2/c30-28(29(23-15-8-3-9-16-23)20-21-11-4-1-5-12-21)27-19-25-24(17-10-18-26(25)31-27)22-13-6-2-7-14-22/h1-19H,20H2. The van der Waals surface area contributed by atoms with E-state index in [1.54, 1.807) is 11.3 Å². The Morgan fingerprint density at radius 2 is 1.35 bits per heavy atom. The molecule has 1 heterocycles. The fraction of sp³-hybridized carbons (Fsp3) is 0.0357. The molecule has 0 saturated carbocycles. The first-order chi connectivity index (χ1) is 15.3. The van der Waals surface area contributed by atoms with Gasteiger partial charge in [-0.1, -0.05) is 103 Å². The van der Waals surface area contributed by atoms with Gasteiger partial charge in [0.2, 0.25) is 0 Å². The zero-order valence-corrected chi connectivity index (χ0v) is 18.6. The lowest BCUT2D eigenvalue weighted by Crippen LogP contribution is -2.28. The topological polar surface area (TPSA) is 3.24 Å². The van der Waals surface area contributed by atoms with Crippen molar-refractivity contribution in [2.45, 2.75) is 6.54 Å². The van der Waals surface area contributed by atoms with Crippen LogP contribution in [0.15, 0.2) is 115 Å². The van der Waals surface area contributed by atoms with Gasteiger partial charge >= 0.3 is 0 Å². The Balaban J connectivity index is 1.56. The molecule has 1 nitrogen and oxygen atoms in total. The molecular formula is C28H21NS2. The summed E-state index contributed by atoms with van der Waals surface area (Å²) < 4.78 is 1.26. The molecule has 1 aromatic heterocycles. The molecule has 0 spiro atoms. The van der Waals surface area contributed by atoms with E-state index in [0.29, 0.717) is 0 Å². The minimum Gasteiger partial charge on any atom is -0.327 e. The van der Waals surface area contributed by atoms with Crippen molar-refractivity contribution in [3.8, 4) is 11.1 Å². The number of anilines is 1. The summed E-state index contributed by atoms with van der Waals surface area (Å²) in [5, 5.41) is 1.25. The van der Waals surface area contributed by atoms with E-state index in [1.165, 1.54) is 26.8 Å². The number of thiocarbonyl (C=S) groups is 1. The molecule has 0 aliphatic rings. The lowest BCUT2D eigenvalue weighted by Gasteiger charge is -2.25. The predicted octanol–water partition coefficient (Wildman–Crippen LogP) is 7.95. The van der Waals surface area contributed by atoms with Crippen molar-refractivity contribution >= 4 is 44.3 Å². The van der Waals surface area contributed by atoms with E-state index in [-0.39, 0.29) is 0 Å². The fourth-order valence-electron chi connectivity index (χ4n) is 3.82. The molecule has 5 rings (SSSR count). The quantitative estimate of drug-likeness (QED) is 0.258. The van der Waals surface area contributed by atoms with Crippen molar-refractivity contribution in [1.29, 1.82) is 0 Å². The third-order valence-electron chi connectivity index (χ3n) is 5.35. The Labute approximate surface area is 192 Å². The highest BCUT2D eigenvalue weighted by Gasteiger charge is 2.18. The average Bonchev–Trinajstić information content (AvgIpc) is 3.28. The van der Waals surface area contributed by atoms with Crippen LogP contribution < -0.4 is 4.90 Å². The van der Waals surface area contributed by atoms with Gasteiger partial charge in [-0.15, -0.1) is 11.3 Å². The van der Waals surface area contributed by atoms with Gasteiger partial charge in [-0.05, 0) is 41.0 Å². The first kappa shape index (κ1) is 19.7. The van der Waals surface area contributed by atoms with Crippen LogP contribution in [0.2, 0.25) is 0 Å². The summed E-state index contributed by atoms with van der Waals surface area (Å²) in [6.07, 6.45) is 0. The summed E-state index contributed by atoms with van der Waals surface area (Å²) in [6.45, 7) is 0.740. The molecule has 0 unspecified atom stereocenters. The fourth-order valence-corrected chi connectivity index (χ4v) is 5.21. The molecule has 0 saturated heterocycles. The Bertz CT molecular complexity index is 1310. The van der Waals surface area contributed by atoms with Crippen LogP contribution in [0.5, 0.6) is 0 Å². The highest BCUT2D eigenvalue weighted by atomic mass is 32.1. The smallest absolute Gasteiger partial charge is 0.124 e. The minimum absolute atomic E-state index is 0.740. The maximum Gasteiger partial charge on any atom is 0.124 e. The molecule has 0 radical (unpaired) electrons. The number of hydrogen-bond donors (Lipinski definition) is 0. The first-order valence-corrected chi connectivity index (χ1v) is 11.5. The van der Waals surface area contributed by atoms with Crippen LogP contribution in [0.3, 0.4) is 0 Å². The van der Waals surface area contributed by atoms with E-state index in [9.17, 15) is 0 Å². The zero-order chi connectivity index (χ0) is 21.0. The third kappa shape index (κ3) is 4.15. The van der Waals surface area contributed by atoms with Crippen LogP contribution in [0, 0.1) is 0 Å². The molecule has 0 N–H and O–H groups in total. The van der Waals surface area contributed by atoms with E-state index in [2.05, 4.69) is 108 Å². The molecule has 4 aromatic carbocycles. The van der Waals surface area contributed by atoms with Crippen LogP contribution in [0.4, 0.5) is 5.69 Å². The number of nitrogens with zero attached hydrogens (tertiary/aromatic N) is 1. The van der Waals surface area contributed by atoms with Crippen LogP contribution in [-0.2, 0) is 6.54 Å². The van der Waals surface area contributed by atoms with Gasteiger partial charge in [0.15, 0.2) is 0 Å². The van der Waals surface area contributed by atoms with Crippen LogP contribution >= 0.6 is 23.6 Å². The number of para-hydroxylation sites is 1. The maximum atomic E-state index is 6.06. The molecule has 0 fully saturated rings. The van der Waals surface area contributed by atoms with E-state index in [1.807, 2.05) is 12.1 Å². The molecule has 5 aromatic rings. The normalized spacial score (nSPS) is 10.8. The minimum atomic E-state index is 0.740. The van der Waals surface area contributed by atoms with Gasteiger partial charge in [-0.3, -0.25) is 0 Å². The van der Waals surface area contributed by atoms with Gasteiger partial charge in [-0.2, -0.15) is 0 Å². The van der Waals surface area contributed by atoms with Crippen LogP contribution in [0.1, 0.15) is 10.4 Å². The molecular weight excluding hydrogens is 414 g/mol. The Morgan fingerprint density at radius 3 is 2.06 bits per heavy atom. The second-order valence-corrected chi connectivity index (χ2v) is 8.88. The van der Waals surface area contributed by atoms with Crippen molar-refractivity contribution in [2.75, 3.05) is 4.90 Å². The van der Waals surface area contributed by atoms with Gasteiger partial charge in [0.05, 0.1) is 4.88 Å². The monoisotopic (exact) mass is 435 g/mol. The molecule has 31 heavy (non-hydrogen) atoms. The first-order valence-electron chi connectivity index (χ1n) is 10.3. The van der Waals surface area contributed by atoms with Crippen LogP contribution in [-0.4, -0.2) is 4.99 Å². The van der Waals surface area contributed by atoms with E-state index >= 15 is 0 Å². The van der Waals surface area contributed by atoms with E-state index in [0.717, 1.165) is 22.1 Å². The lowest BCUT2D eigenvalue weighted by atomic mass is 10.0. The third-order valence-corrected chi connectivity index (χ3v) is 7.03. The molecule has 0 amide bonds. The van der Waals surface area contributed by atoms with Crippen LogP contribution in [0.25, 0.3) is 21.2 Å². The summed E-state index contributed by atoms with van der Waals surface area (Å²) in [5.74, 6) is 0. The van der Waals surface area contributed by atoms with Gasteiger partial charge in [0.1, 0.15) is 4.99 Å². The lowest BCUT2D eigenvalue weighted by molar-refractivity contribution is 1.02. The van der Waals surface area contributed by atoms with E-state index in [4.69, 9.17) is 12.2 Å². The number of benzene rings is 4. The molecule has 0 atom stereocenters. The van der Waals surface area contributed by atoms with Crippen molar-refractivity contribution in [3.05, 3.63) is 126 Å². The van der Waals surface area contributed by atoms with Gasteiger partial charge in [0.25, 0.3) is 0 Å². The second-order valence-electron chi connectivity index (χ2n) is 7.41. The summed E-state index contributed by atoms with van der Waals surface area (Å²) in [5.41, 5.74) is 4.82. The molecule has 3 heteroatoms. The van der Waals surface area contributed by atoms with Crippen molar-refractivity contribution in [1.82, 2.24) is 0 Å². The molecule has 0 bridgehead atoms. The highest BCUT2D eigenvalue weighted by molar-refractivity contribution is 7.81. The van der Waals surface area contributed by atoms with E-state index < -0.39 is 0 Å². The number of thiophene rings is 1. The SMILES string of the molecule is S=C(c1cc2c(-c3ccccc3)cccc2s1)N(Cc1ccccc1)c1ccccc1. The highest BCUT2D eigenvalue weighted by Crippen LogP contribution is 2.35. The van der Waals surface area contributed by atoms with Crippen molar-refractivity contribution < 1.29 is 0 Å². The Kier molecular flexibility index (Phi) is 5.61. The second kappa shape index (κ2) is 8.84. The summed E-state index contributed by atoms with van der Waals surface area (Å²) in [6, 6.07) is 40.2. The van der Waals surface area contributed by atoms with Gasteiger partial charge in [-0.25, -0.2) is 0 Å².